The van der Waals surface area contributed by atoms with Gasteiger partial charge in [-0.1, -0.05) is 19.0 Å². The van der Waals surface area contributed by atoms with Crippen molar-refractivity contribution >= 4 is 5.78 Å². The van der Waals surface area contributed by atoms with Gasteiger partial charge >= 0.3 is 0 Å². The van der Waals surface area contributed by atoms with Gasteiger partial charge in [-0.25, -0.2) is 0 Å². The summed E-state index contributed by atoms with van der Waals surface area (Å²) in [6.07, 6.45) is 1.02. The molecule has 0 unspecified atom stereocenters. The lowest BCUT2D eigenvalue weighted by atomic mass is 10.2. The summed E-state index contributed by atoms with van der Waals surface area (Å²) in [5.74, 6) is 1.68. The van der Waals surface area contributed by atoms with Crippen molar-refractivity contribution in [3.63, 3.8) is 0 Å². The fraction of sp³-hybridized carbons (Fsp3) is 0.667. The lowest BCUT2D eigenvalue weighted by molar-refractivity contribution is -0.117. The van der Waals surface area contributed by atoms with E-state index in [1.165, 1.54) is 0 Å². The van der Waals surface area contributed by atoms with Gasteiger partial charge in [-0.05, 0) is 6.92 Å². The second-order valence-corrected chi connectivity index (χ2v) is 3.40. The molecule has 0 bridgehead atoms. The highest BCUT2D eigenvalue weighted by molar-refractivity contribution is 5.75. The van der Waals surface area contributed by atoms with Crippen LogP contribution in [0, 0.1) is 0 Å². The van der Waals surface area contributed by atoms with Crippen molar-refractivity contribution in [3.05, 3.63) is 11.7 Å². The second-order valence-electron chi connectivity index (χ2n) is 3.40. The summed E-state index contributed by atoms with van der Waals surface area (Å²) < 4.78 is 4.96. The Balaban J connectivity index is 2.54. The maximum atomic E-state index is 10.7. The molecular weight excluding hydrogens is 168 g/mol. The number of Topliss-reactive ketones (excluding diaryl/α,β-unsaturated/α-hetero) is 1. The van der Waals surface area contributed by atoms with Gasteiger partial charge in [0.15, 0.2) is 5.82 Å². The van der Waals surface area contributed by atoms with Crippen LogP contribution in [0.25, 0.3) is 0 Å². The summed E-state index contributed by atoms with van der Waals surface area (Å²) in [5, 5.41) is 3.80. The minimum absolute atomic E-state index is 0.143. The van der Waals surface area contributed by atoms with E-state index in [4.69, 9.17) is 4.52 Å². The first-order valence-corrected chi connectivity index (χ1v) is 4.41. The van der Waals surface area contributed by atoms with Crippen LogP contribution in [0.4, 0.5) is 0 Å². The summed E-state index contributed by atoms with van der Waals surface area (Å²) >= 11 is 0. The van der Waals surface area contributed by atoms with Crippen LogP contribution in [0.2, 0.25) is 0 Å². The SMILES string of the molecule is CC(=O)CCc1nc(C(C)C)no1. The predicted molar refractivity (Wildman–Crippen MR) is 47.4 cm³/mol. The van der Waals surface area contributed by atoms with E-state index in [1.54, 1.807) is 6.92 Å². The van der Waals surface area contributed by atoms with E-state index in [0.717, 1.165) is 0 Å². The quantitative estimate of drug-likeness (QED) is 0.711. The van der Waals surface area contributed by atoms with Gasteiger partial charge in [-0.3, -0.25) is 0 Å². The van der Waals surface area contributed by atoms with Crippen molar-refractivity contribution in [2.75, 3.05) is 0 Å². The van der Waals surface area contributed by atoms with Gasteiger partial charge in [-0.15, -0.1) is 0 Å². The van der Waals surface area contributed by atoms with Crippen molar-refractivity contribution in [3.8, 4) is 0 Å². The molecule has 1 rings (SSSR count). The van der Waals surface area contributed by atoms with Gasteiger partial charge in [0.2, 0.25) is 5.89 Å². The van der Waals surface area contributed by atoms with Crippen molar-refractivity contribution in [2.24, 2.45) is 0 Å². The molecule has 0 aromatic carbocycles. The largest absolute Gasteiger partial charge is 0.339 e. The van der Waals surface area contributed by atoms with Crippen LogP contribution in [0.1, 0.15) is 44.8 Å². The molecule has 0 aliphatic heterocycles. The zero-order valence-corrected chi connectivity index (χ0v) is 8.20. The highest BCUT2D eigenvalue weighted by atomic mass is 16.5. The Morgan fingerprint density at radius 2 is 2.23 bits per heavy atom. The minimum atomic E-state index is 0.143. The van der Waals surface area contributed by atoms with E-state index in [0.29, 0.717) is 24.6 Å². The van der Waals surface area contributed by atoms with Gasteiger partial charge < -0.3 is 9.32 Å². The molecule has 4 nitrogen and oxygen atoms in total. The standard InChI is InChI=1S/C9H14N2O2/c1-6(2)9-10-8(13-11-9)5-4-7(3)12/h6H,4-5H2,1-3H3. The molecule has 0 aliphatic carbocycles. The smallest absolute Gasteiger partial charge is 0.227 e. The molecule has 1 aromatic heterocycles. The number of aromatic nitrogens is 2. The third kappa shape index (κ3) is 2.97. The average Bonchev–Trinajstić information content (AvgIpc) is 2.48. The molecule has 0 aliphatic rings. The Kier molecular flexibility index (Phi) is 3.17. The summed E-state index contributed by atoms with van der Waals surface area (Å²) in [6, 6.07) is 0. The first-order chi connectivity index (χ1) is 6.09. The third-order valence-electron chi connectivity index (χ3n) is 1.69. The first kappa shape index (κ1) is 9.89. The maximum Gasteiger partial charge on any atom is 0.227 e. The molecule has 1 heterocycles. The van der Waals surface area contributed by atoms with Crippen molar-refractivity contribution < 1.29 is 9.32 Å². The van der Waals surface area contributed by atoms with Crippen LogP contribution in [-0.4, -0.2) is 15.9 Å². The minimum Gasteiger partial charge on any atom is -0.339 e. The van der Waals surface area contributed by atoms with E-state index in [1.807, 2.05) is 13.8 Å². The summed E-state index contributed by atoms with van der Waals surface area (Å²) in [6.45, 7) is 5.55. The van der Waals surface area contributed by atoms with Gasteiger partial charge in [-0.2, -0.15) is 4.98 Å². The van der Waals surface area contributed by atoms with E-state index in [9.17, 15) is 4.79 Å². The number of rotatable bonds is 4. The van der Waals surface area contributed by atoms with Gasteiger partial charge in [0, 0.05) is 18.8 Å². The lowest BCUT2D eigenvalue weighted by Gasteiger charge is -1.92. The molecule has 0 spiro atoms. The van der Waals surface area contributed by atoms with Crippen LogP contribution < -0.4 is 0 Å². The number of hydrogen-bond acceptors (Lipinski definition) is 4. The number of ketones is 1. The third-order valence-corrected chi connectivity index (χ3v) is 1.69. The highest BCUT2D eigenvalue weighted by Crippen LogP contribution is 2.10. The highest BCUT2D eigenvalue weighted by Gasteiger charge is 2.09. The van der Waals surface area contributed by atoms with Crippen molar-refractivity contribution in [1.29, 1.82) is 0 Å². The Labute approximate surface area is 77.3 Å². The molecule has 0 fully saturated rings. The Morgan fingerprint density at radius 1 is 1.54 bits per heavy atom. The number of nitrogens with zero attached hydrogens (tertiary/aromatic N) is 2. The van der Waals surface area contributed by atoms with Crippen molar-refractivity contribution in [2.45, 2.75) is 39.5 Å². The number of aryl methyl sites for hydroxylation is 1. The Bertz CT molecular complexity index is 292. The molecule has 0 saturated carbocycles. The van der Waals surface area contributed by atoms with Crippen LogP contribution in [0.3, 0.4) is 0 Å². The topological polar surface area (TPSA) is 56.0 Å². The molecule has 1 aromatic rings. The number of carbonyl (C=O) groups excluding carboxylic acids is 1. The Hall–Kier alpha value is -1.19. The molecule has 0 saturated heterocycles. The fourth-order valence-electron chi connectivity index (χ4n) is 0.887. The normalized spacial score (nSPS) is 10.8. The van der Waals surface area contributed by atoms with Crippen LogP contribution in [0.5, 0.6) is 0 Å². The number of carbonyl (C=O) groups is 1. The molecule has 4 heteroatoms. The molecule has 0 N–H and O–H groups in total. The van der Waals surface area contributed by atoms with E-state index >= 15 is 0 Å². The Morgan fingerprint density at radius 3 is 2.69 bits per heavy atom. The zero-order chi connectivity index (χ0) is 9.84. The van der Waals surface area contributed by atoms with E-state index in [-0.39, 0.29) is 11.7 Å². The van der Waals surface area contributed by atoms with Gasteiger partial charge in [0.25, 0.3) is 0 Å². The molecule has 0 atom stereocenters. The molecule has 0 radical (unpaired) electrons. The molecular formula is C9H14N2O2. The first-order valence-electron chi connectivity index (χ1n) is 4.41. The fourth-order valence-corrected chi connectivity index (χ4v) is 0.887. The molecule has 13 heavy (non-hydrogen) atoms. The summed E-state index contributed by atoms with van der Waals surface area (Å²) in [7, 11) is 0. The molecule has 0 amide bonds. The van der Waals surface area contributed by atoms with Gasteiger partial charge in [0.1, 0.15) is 5.78 Å². The van der Waals surface area contributed by atoms with Gasteiger partial charge in [0.05, 0.1) is 0 Å². The van der Waals surface area contributed by atoms with E-state index < -0.39 is 0 Å². The monoisotopic (exact) mass is 182 g/mol. The van der Waals surface area contributed by atoms with Crippen LogP contribution >= 0.6 is 0 Å². The number of hydrogen-bond donors (Lipinski definition) is 0. The maximum absolute atomic E-state index is 10.7. The molecule has 72 valence electrons. The predicted octanol–water partition coefficient (Wildman–Crippen LogP) is 1.71. The van der Waals surface area contributed by atoms with Crippen molar-refractivity contribution in [1.82, 2.24) is 10.1 Å². The summed E-state index contributed by atoms with van der Waals surface area (Å²) in [5.41, 5.74) is 0. The average molecular weight is 182 g/mol. The lowest BCUT2D eigenvalue weighted by Crippen LogP contribution is -1.95. The van der Waals surface area contributed by atoms with Crippen LogP contribution in [0.15, 0.2) is 4.52 Å². The zero-order valence-electron chi connectivity index (χ0n) is 8.20. The second kappa shape index (κ2) is 4.16. The summed E-state index contributed by atoms with van der Waals surface area (Å²) in [4.78, 5) is 14.8. The van der Waals surface area contributed by atoms with E-state index in [2.05, 4.69) is 10.1 Å². The van der Waals surface area contributed by atoms with Crippen LogP contribution in [-0.2, 0) is 11.2 Å².